The summed E-state index contributed by atoms with van der Waals surface area (Å²) in [5.74, 6) is -0.236. The second kappa shape index (κ2) is 7.75. The number of rotatable bonds is 5. The average molecular weight is 395 g/mol. The minimum Gasteiger partial charge on any atom is -0.382 e. The normalized spacial score (nSPS) is 10.8. The number of halogens is 1. The third-order valence-electron chi connectivity index (χ3n) is 4.83. The number of aromatic nitrogens is 3. The summed E-state index contributed by atoms with van der Waals surface area (Å²) in [5.41, 5.74) is 8.57. The second-order valence-electron chi connectivity index (χ2n) is 6.79. The predicted molar refractivity (Wildman–Crippen MR) is 109 cm³/mol. The number of nitriles is 1. The molecule has 0 aliphatic carbocycles. The van der Waals surface area contributed by atoms with Gasteiger partial charge in [-0.15, -0.1) is 0 Å². The molecule has 3 rings (SSSR count). The van der Waals surface area contributed by atoms with Crippen molar-refractivity contribution in [1.29, 1.82) is 5.26 Å². The van der Waals surface area contributed by atoms with Gasteiger partial charge in [0.25, 0.3) is 5.91 Å². The van der Waals surface area contributed by atoms with Crippen LogP contribution in [-0.4, -0.2) is 46.0 Å². The number of nitrogens with zero attached hydrogens (tertiary/aromatic N) is 6. The van der Waals surface area contributed by atoms with Crippen LogP contribution < -0.4 is 10.6 Å². The maximum Gasteiger partial charge on any atom is 0.254 e. The number of nitrogen functional groups attached to an aromatic ring is 1. The molecule has 8 nitrogen and oxygen atoms in total. The van der Waals surface area contributed by atoms with Gasteiger partial charge in [0, 0.05) is 32.8 Å². The molecule has 2 heterocycles. The number of fused-ring (bicyclic) bond motifs is 1. The van der Waals surface area contributed by atoms with Gasteiger partial charge in [-0.05, 0) is 24.1 Å². The van der Waals surface area contributed by atoms with Gasteiger partial charge in [-0.1, -0.05) is 6.92 Å². The van der Waals surface area contributed by atoms with Crippen molar-refractivity contribution in [3.8, 4) is 6.07 Å². The van der Waals surface area contributed by atoms with Crippen LogP contribution >= 0.6 is 0 Å². The molecule has 0 saturated heterocycles. The van der Waals surface area contributed by atoms with Gasteiger partial charge in [-0.25, -0.2) is 14.4 Å². The SMILES string of the molecule is CCc1cc(C(=O)N(C)CC#N)cc(F)c1N(C)c1cc2c(ncn2C)c(N)n1. The average Bonchev–Trinajstić information content (AvgIpc) is 3.07. The standard InChI is InChI=1S/C20H22FN7O/c1-5-12-8-13(20(29)26(2)7-6-22)9-14(21)18(12)28(4)16-10-15-17(19(23)25-16)24-11-27(15)3/h8-11H,5,7H2,1-4H3,(H2,23,25). The van der Waals surface area contributed by atoms with Gasteiger partial charge in [0.1, 0.15) is 23.7 Å². The van der Waals surface area contributed by atoms with Crippen molar-refractivity contribution in [3.63, 3.8) is 0 Å². The Kier molecular flexibility index (Phi) is 5.37. The van der Waals surface area contributed by atoms with Crippen LogP contribution in [0.4, 0.5) is 21.7 Å². The number of hydrogen-bond acceptors (Lipinski definition) is 6. The summed E-state index contributed by atoms with van der Waals surface area (Å²) < 4.78 is 16.9. The van der Waals surface area contributed by atoms with E-state index in [1.54, 1.807) is 30.4 Å². The highest BCUT2D eigenvalue weighted by molar-refractivity contribution is 5.95. The lowest BCUT2D eigenvalue weighted by Crippen LogP contribution is -2.27. The number of aryl methyl sites for hydroxylation is 2. The Labute approximate surface area is 168 Å². The fourth-order valence-corrected chi connectivity index (χ4v) is 3.25. The second-order valence-corrected chi connectivity index (χ2v) is 6.79. The maximum absolute atomic E-state index is 15.1. The molecule has 0 spiro atoms. The number of carbonyl (C=O) groups excluding carboxylic acids is 1. The summed E-state index contributed by atoms with van der Waals surface area (Å²) in [5, 5.41) is 8.78. The van der Waals surface area contributed by atoms with Crippen molar-refractivity contribution in [2.75, 3.05) is 31.3 Å². The van der Waals surface area contributed by atoms with Crippen LogP contribution in [0.1, 0.15) is 22.8 Å². The van der Waals surface area contributed by atoms with Crippen LogP contribution in [0.5, 0.6) is 0 Å². The number of anilines is 3. The van der Waals surface area contributed by atoms with E-state index in [2.05, 4.69) is 9.97 Å². The van der Waals surface area contributed by atoms with Gasteiger partial charge in [0.15, 0.2) is 5.82 Å². The minimum absolute atomic E-state index is 0.0719. The highest BCUT2D eigenvalue weighted by Crippen LogP contribution is 2.33. The third kappa shape index (κ3) is 3.57. The lowest BCUT2D eigenvalue weighted by Gasteiger charge is -2.24. The number of hydrogen-bond donors (Lipinski definition) is 1. The Morgan fingerprint density at radius 1 is 1.34 bits per heavy atom. The van der Waals surface area contributed by atoms with Crippen LogP contribution in [-0.2, 0) is 13.5 Å². The Hall–Kier alpha value is -3.67. The van der Waals surface area contributed by atoms with E-state index >= 15 is 4.39 Å². The van der Waals surface area contributed by atoms with Crippen LogP contribution in [0.25, 0.3) is 11.0 Å². The molecule has 150 valence electrons. The number of amides is 1. The molecule has 2 aromatic heterocycles. The zero-order chi connectivity index (χ0) is 21.3. The Balaban J connectivity index is 2.07. The van der Waals surface area contributed by atoms with Gasteiger partial charge in [-0.3, -0.25) is 4.79 Å². The zero-order valence-electron chi connectivity index (χ0n) is 16.8. The molecule has 0 aliphatic rings. The fraction of sp³-hybridized carbons (Fsp3) is 0.300. The van der Waals surface area contributed by atoms with E-state index in [0.29, 0.717) is 29.0 Å². The molecular formula is C20H22FN7O. The first kappa shape index (κ1) is 20.1. The lowest BCUT2D eigenvalue weighted by atomic mass is 10.0. The first-order chi connectivity index (χ1) is 13.8. The third-order valence-corrected chi connectivity index (χ3v) is 4.83. The summed E-state index contributed by atoms with van der Waals surface area (Å²) in [6.45, 7) is 1.81. The van der Waals surface area contributed by atoms with E-state index in [1.165, 1.54) is 18.0 Å². The molecule has 2 N–H and O–H groups in total. The van der Waals surface area contributed by atoms with E-state index < -0.39 is 11.7 Å². The Morgan fingerprint density at radius 2 is 2.07 bits per heavy atom. The van der Waals surface area contributed by atoms with E-state index in [0.717, 1.165) is 5.52 Å². The van der Waals surface area contributed by atoms with Crippen LogP contribution in [0.2, 0.25) is 0 Å². The monoisotopic (exact) mass is 395 g/mol. The Morgan fingerprint density at radius 3 is 2.72 bits per heavy atom. The molecule has 0 radical (unpaired) electrons. The molecule has 0 atom stereocenters. The first-order valence-corrected chi connectivity index (χ1v) is 9.04. The number of benzene rings is 1. The maximum atomic E-state index is 15.1. The van der Waals surface area contributed by atoms with E-state index in [4.69, 9.17) is 11.0 Å². The molecule has 3 aromatic rings. The Bertz CT molecular complexity index is 1130. The van der Waals surface area contributed by atoms with E-state index in [9.17, 15) is 4.79 Å². The number of carbonyl (C=O) groups is 1. The lowest BCUT2D eigenvalue weighted by molar-refractivity contribution is 0.0811. The molecule has 29 heavy (non-hydrogen) atoms. The fourth-order valence-electron chi connectivity index (χ4n) is 3.25. The molecular weight excluding hydrogens is 373 g/mol. The number of imidazole rings is 1. The van der Waals surface area contributed by atoms with Crippen molar-refractivity contribution in [3.05, 3.63) is 41.5 Å². The first-order valence-electron chi connectivity index (χ1n) is 9.04. The van der Waals surface area contributed by atoms with Crippen molar-refractivity contribution in [2.45, 2.75) is 13.3 Å². The number of nitrogens with two attached hydrogens (primary N) is 1. The predicted octanol–water partition coefficient (Wildman–Crippen LogP) is 2.62. The molecule has 1 amide bonds. The molecule has 9 heteroatoms. The highest BCUT2D eigenvalue weighted by atomic mass is 19.1. The molecule has 0 bridgehead atoms. The summed E-state index contributed by atoms with van der Waals surface area (Å²) in [6, 6.07) is 6.54. The van der Waals surface area contributed by atoms with Gasteiger partial charge < -0.3 is 20.1 Å². The van der Waals surface area contributed by atoms with Gasteiger partial charge in [0.05, 0.1) is 23.6 Å². The summed E-state index contributed by atoms with van der Waals surface area (Å²) >= 11 is 0. The summed E-state index contributed by atoms with van der Waals surface area (Å²) in [7, 11) is 5.05. The topological polar surface area (TPSA) is 104 Å². The van der Waals surface area contributed by atoms with Crippen molar-refractivity contribution in [1.82, 2.24) is 19.4 Å². The molecule has 0 saturated carbocycles. The smallest absolute Gasteiger partial charge is 0.254 e. The van der Waals surface area contributed by atoms with E-state index in [1.807, 2.05) is 24.6 Å². The zero-order valence-corrected chi connectivity index (χ0v) is 16.8. The van der Waals surface area contributed by atoms with Gasteiger partial charge in [-0.2, -0.15) is 5.26 Å². The summed E-state index contributed by atoms with van der Waals surface area (Å²) in [4.78, 5) is 23.9. The largest absolute Gasteiger partial charge is 0.382 e. The van der Waals surface area contributed by atoms with Crippen molar-refractivity contribution in [2.24, 2.45) is 7.05 Å². The number of pyridine rings is 1. The highest BCUT2D eigenvalue weighted by Gasteiger charge is 2.21. The van der Waals surface area contributed by atoms with Crippen molar-refractivity contribution < 1.29 is 9.18 Å². The van der Waals surface area contributed by atoms with Crippen LogP contribution in [0.3, 0.4) is 0 Å². The summed E-state index contributed by atoms with van der Waals surface area (Å²) in [6.07, 6.45) is 2.14. The molecule has 1 aromatic carbocycles. The van der Waals surface area contributed by atoms with Gasteiger partial charge >= 0.3 is 0 Å². The molecule has 0 aliphatic heterocycles. The minimum atomic E-state index is -0.550. The van der Waals surface area contributed by atoms with Crippen LogP contribution in [0, 0.1) is 17.1 Å². The van der Waals surface area contributed by atoms with Crippen LogP contribution in [0.15, 0.2) is 24.5 Å². The van der Waals surface area contributed by atoms with Gasteiger partial charge in [0.2, 0.25) is 0 Å². The molecule has 0 unspecified atom stereocenters. The van der Waals surface area contributed by atoms with Crippen molar-refractivity contribution >= 4 is 34.3 Å². The quantitative estimate of drug-likeness (QED) is 0.666. The van der Waals surface area contributed by atoms with E-state index in [-0.39, 0.29) is 17.9 Å². The molecule has 0 fully saturated rings.